The lowest BCUT2D eigenvalue weighted by Crippen LogP contribution is -2.35. The van der Waals surface area contributed by atoms with Crippen LogP contribution in [0.15, 0.2) is 24.3 Å². The van der Waals surface area contributed by atoms with Crippen molar-refractivity contribution in [2.75, 3.05) is 5.32 Å². The highest BCUT2D eigenvalue weighted by Crippen LogP contribution is 2.33. The molecule has 2 aromatic heterocycles. The van der Waals surface area contributed by atoms with E-state index in [0.717, 1.165) is 45.8 Å². The molecule has 0 bridgehead atoms. The smallest absolute Gasteiger partial charge is 0.251 e. The molecule has 1 aliphatic rings. The van der Waals surface area contributed by atoms with Crippen LogP contribution in [0, 0.1) is 20.8 Å². The number of benzene rings is 1. The average molecular weight is 437 g/mol. The van der Waals surface area contributed by atoms with E-state index in [4.69, 9.17) is 0 Å². The second-order valence-corrected chi connectivity index (χ2v) is 9.85. The number of amides is 1. The van der Waals surface area contributed by atoms with Gasteiger partial charge in [-0.1, -0.05) is 44.2 Å². The third kappa shape index (κ3) is 5.24. The van der Waals surface area contributed by atoms with E-state index >= 15 is 0 Å². The highest BCUT2D eigenvalue weighted by molar-refractivity contribution is 7.18. The Hall–Kier alpha value is -2.47. The number of carbonyl (C=O) groups excluding carboxylic acids is 1. The fourth-order valence-corrected chi connectivity index (χ4v) is 5.39. The number of rotatable bonds is 5. The van der Waals surface area contributed by atoms with Gasteiger partial charge in [0.05, 0.1) is 5.39 Å². The van der Waals surface area contributed by atoms with Gasteiger partial charge in [0.2, 0.25) is 0 Å². The third-order valence-corrected chi connectivity index (χ3v) is 7.36. The lowest BCUT2D eigenvalue weighted by atomic mass is 9.96. The van der Waals surface area contributed by atoms with Gasteiger partial charge in [-0.25, -0.2) is 9.97 Å². The van der Waals surface area contributed by atoms with Gasteiger partial charge in [0.25, 0.3) is 5.91 Å². The van der Waals surface area contributed by atoms with Crippen molar-refractivity contribution in [3.8, 4) is 0 Å². The minimum atomic E-state index is 0.0441. The topological polar surface area (TPSA) is 66.9 Å². The maximum Gasteiger partial charge on any atom is 0.251 e. The summed E-state index contributed by atoms with van der Waals surface area (Å²) in [6, 6.07) is 8.22. The number of thiophene rings is 1. The van der Waals surface area contributed by atoms with E-state index in [2.05, 4.69) is 34.4 Å². The van der Waals surface area contributed by atoms with Crippen LogP contribution in [0.25, 0.3) is 10.2 Å². The van der Waals surface area contributed by atoms with E-state index in [1.807, 2.05) is 31.2 Å². The molecule has 2 N–H and O–H groups in total. The Morgan fingerprint density at radius 2 is 1.68 bits per heavy atom. The summed E-state index contributed by atoms with van der Waals surface area (Å²) in [6.45, 7) is 6.84. The van der Waals surface area contributed by atoms with Gasteiger partial charge in [0, 0.05) is 23.0 Å². The van der Waals surface area contributed by atoms with E-state index in [1.165, 1.54) is 42.5 Å². The van der Waals surface area contributed by atoms with Crippen LogP contribution in [-0.4, -0.2) is 21.9 Å². The molecule has 0 saturated heterocycles. The highest BCUT2D eigenvalue weighted by atomic mass is 32.1. The summed E-state index contributed by atoms with van der Waals surface area (Å²) in [5.74, 6) is 1.70. The molecular weight excluding hydrogens is 404 g/mol. The fourth-order valence-electron chi connectivity index (χ4n) is 4.31. The van der Waals surface area contributed by atoms with Crippen LogP contribution in [0.1, 0.15) is 77.1 Å². The largest absolute Gasteiger partial charge is 0.365 e. The summed E-state index contributed by atoms with van der Waals surface area (Å²) >= 11 is 1.71. The Balaban J connectivity index is 1.40. The van der Waals surface area contributed by atoms with Crippen LogP contribution in [0.4, 0.5) is 5.82 Å². The van der Waals surface area contributed by atoms with Crippen molar-refractivity contribution < 1.29 is 4.79 Å². The van der Waals surface area contributed by atoms with Gasteiger partial charge in [-0.3, -0.25) is 4.79 Å². The van der Waals surface area contributed by atoms with Crippen molar-refractivity contribution in [2.24, 2.45) is 0 Å². The van der Waals surface area contributed by atoms with Crippen LogP contribution in [-0.2, 0) is 6.54 Å². The van der Waals surface area contributed by atoms with Crippen molar-refractivity contribution in [3.63, 3.8) is 0 Å². The van der Waals surface area contributed by atoms with E-state index in [1.54, 1.807) is 11.3 Å². The lowest BCUT2D eigenvalue weighted by molar-refractivity contribution is 0.0930. The first kappa shape index (κ1) is 21.8. The van der Waals surface area contributed by atoms with E-state index in [9.17, 15) is 4.79 Å². The molecule has 1 amide bonds. The Labute approximate surface area is 188 Å². The monoisotopic (exact) mass is 436 g/mol. The zero-order chi connectivity index (χ0) is 21.8. The summed E-state index contributed by atoms with van der Waals surface area (Å²) in [6.07, 6.45) is 8.54. The van der Waals surface area contributed by atoms with Gasteiger partial charge < -0.3 is 10.6 Å². The second kappa shape index (κ2) is 9.77. The third-order valence-electron chi connectivity index (χ3n) is 6.26. The number of aryl methyl sites for hydroxylation is 3. The Morgan fingerprint density at radius 1 is 1.00 bits per heavy atom. The Bertz CT molecular complexity index is 1050. The van der Waals surface area contributed by atoms with Gasteiger partial charge in [-0.15, -0.1) is 11.3 Å². The molecule has 0 radical (unpaired) electrons. The standard InChI is InChI=1S/C25H32N4OS/c1-16-17(2)31-25-22(16)23(27-18(3)28-25)26-15-19-11-13-20(14-12-19)24(30)29-21-9-7-5-4-6-8-10-21/h11-14,21H,4-10,15H2,1-3H3,(H,29,30)(H,26,27,28). The lowest BCUT2D eigenvalue weighted by Gasteiger charge is -2.21. The Kier molecular flexibility index (Phi) is 6.86. The molecule has 3 aromatic rings. The molecule has 6 heteroatoms. The molecule has 0 aliphatic heterocycles. The minimum Gasteiger partial charge on any atom is -0.365 e. The molecule has 2 heterocycles. The van der Waals surface area contributed by atoms with Crippen LogP contribution in [0.5, 0.6) is 0 Å². The number of nitrogens with zero attached hydrogens (tertiary/aromatic N) is 2. The molecule has 1 aliphatic carbocycles. The maximum atomic E-state index is 12.7. The predicted molar refractivity (Wildman–Crippen MR) is 129 cm³/mol. The summed E-state index contributed by atoms with van der Waals surface area (Å²) in [5, 5.41) is 7.84. The molecule has 5 nitrogen and oxygen atoms in total. The number of fused-ring (bicyclic) bond motifs is 1. The van der Waals surface area contributed by atoms with Gasteiger partial charge in [-0.2, -0.15) is 0 Å². The predicted octanol–water partition coefficient (Wildman–Crippen LogP) is 6.07. The molecular formula is C25H32N4OS. The summed E-state index contributed by atoms with van der Waals surface area (Å²) < 4.78 is 0. The first-order valence-corrected chi connectivity index (χ1v) is 12.2. The second-order valence-electron chi connectivity index (χ2n) is 8.65. The maximum absolute atomic E-state index is 12.7. The van der Waals surface area contributed by atoms with Gasteiger partial charge in [0.15, 0.2) is 0 Å². The van der Waals surface area contributed by atoms with Crippen LogP contribution >= 0.6 is 11.3 Å². The number of nitrogens with one attached hydrogen (secondary N) is 2. The number of anilines is 1. The molecule has 164 valence electrons. The molecule has 0 atom stereocenters. The number of carbonyl (C=O) groups is 1. The first-order chi connectivity index (χ1) is 15.0. The fraction of sp³-hybridized carbons (Fsp3) is 0.480. The highest BCUT2D eigenvalue weighted by Gasteiger charge is 2.16. The van der Waals surface area contributed by atoms with Crippen LogP contribution in [0.2, 0.25) is 0 Å². The molecule has 31 heavy (non-hydrogen) atoms. The van der Waals surface area contributed by atoms with Crippen molar-refractivity contribution >= 4 is 33.3 Å². The van der Waals surface area contributed by atoms with Crippen molar-refractivity contribution in [1.82, 2.24) is 15.3 Å². The van der Waals surface area contributed by atoms with E-state index < -0.39 is 0 Å². The van der Waals surface area contributed by atoms with Crippen LogP contribution < -0.4 is 10.6 Å². The summed E-state index contributed by atoms with van der Waals surface area (Å²) in [5.41, 5.74) is 3.09. The molecule has 1 aromatic carbocycles. The van der Waals surface area contributed by atoms with Gasteiger partial charge in [-0.05, 0) is 56.9 Å². The molecule has 1 saturated carbocycles. The zero-order valence-corrected chi connectivity index (χ0v) is 19.6. The molecule has 0 unspecified atom stereocenters. The van der Waals surface area contributed by atoms with Gasteiger partial charge in [0.1, 0.15) is 16.5 Å². The quantitative estimate of drug-likeness (QED) is 0.509. The number of hydrogen-bond acceptors (Lipinski definition) is 5. The van der Waals surface area contributed by atoms with Crippen molar-refractivity contribution in [3.05, 3.63) is 51.7 Å². The van der Waals surface area contributed by atoms with E-state index in [-0.39, 0.29) is 5.91 Å². The number of aromatic nitrogens is 2. The SMILES string of the molecule is Cc1nc(NCc2ccc(C(=O)NC3CCCCCCC3)cc2)c2c(C)c(C)sc2n1. The molecule has 0 spiro atoms. The number of hydrogen-bond donors (Lipinski definition) is 2. The van der Waals surface area contributed by atoms with Crippen molar-refractivity contribution in [1.29, 1.82) is 0 Å². The minimum absolute atomic E-state index is 0.0441. The van der Waals surface area contributed by atoms with Crippen LogP contribution in [0.3, 0.4) is 0 Å². The van der Waals surface area contributed by atoms with Gasteiger partial charge >= 0.3 is 0 Å². The normalized spacial score (nSPS) is 15.5. The Morgan fingerprint density at radius 3 is 2.39 bits per heavy atom. The first-order valence-electron chi connectivity index (χ1n) is 11.4. The van der Waals surface area contributed by atoms with Crippen molar-refractivity contribution in [2.45, 2.75) is 78.3 Å². The molecule has 4 rings (SSSR count). The summed E-state index contributed by atoms with van der Waals surface area (Å²) in [4.78, 5) is 24.2. The molecule has 1 fully saturated rings. The zero-order valence-electron chi connectivity index (χ0n) is 18.8. The summed E-state index contributed by atoms with van der Waals surface area (Å²) in [7, 11) is 0. The van der Waals surface area contributed by atoms with E-state index in [0.29, 0.717) is 12.6 Å². The average Bonchev–Trinajstić information content (AvgIpc) is 3.01.